The summed E-state index contributed by atoms with van der Waals surface area (Å²) < 4.78 is 0. The Kier molecular flexibility index (Phi) is 4.71. The molecule has 0 aromatic heterocycles. The Balaban J connectivity index is 1.98. The largest absolute Gasteiger partial charge is 0.309 e. The van der Waals surface area contributed by atoms with Gasteiger partial charge in [0.2, 0.25) is 0 Å². The molecule has 0 aliphatic heterocycles. The summed E-state index contributed by atoms with van der Waals surface area (Å²) in [4.78, 5) is 10.2. The highest BCUT2D eigenvalue weighted by Gasteiger charge is 2.09. The zero-order valence-corrected chi connectivity index (χ0v) is 11.9. The van der Waals surface area contributed by atoms with Crippen LogP contribution in [-0.2, 0) is 13.1 Å². The first-order chi connectivity index (χ1) is 9.58. The molecule has 0 radical (unpaired) electrons. The van der Waals surface area contributed by atoms with Crippen molar-refractivity contribution in [2.24, 2.45) is 0 Å². The van der Waals surface area contributed by atoms with Gasteiger partial charge in [-0.25, -0.2) is 0 Å². The van der Waals surface area contributed by atoms with Gasteiger partial charge in [-0.2, -0.15) is 0 Å². The van der Waals surface area contributed by atoms with Crippen LogP contribution in [0.2, 0.25) is 5.02 Å². The van der Waals surface area contributed by atoms with Crippen LogP contribution >= 0.6 is 11.6 Å². The first-order valence-corrected chi connectivity index (χ1v) is 6.64. The number of non-ortho nitro benzene ring substituents is 1. The molecular weight excluding hydrogens is 276 g/mol. The maximum absolute atomic E-state index is 10.6. The number of nitro groups is 1. The highest BCUT2D eigenvalue weighted by molar-refractivity contribution is 6.31. The average molecular weight is 291 g/mol. The van der Waals surface area contributed by atoms with Crippen LogP contribution in [0.1, 0.15) is 16.7 Å². The van der Waals surface area contributed by atoms with E-state index >= 15 is 0 Å². The summed E-state index contributed by atoms with van der Waals surface area (Å²) >= 11 is 6.04. The van der Waals surface area contributed by atoms with Gasteiger partial charge in [-0.1, -0.05) is 35.9 Å². The van der Waals surface area contributed by atoms with Gasteiger partial charge in [0.05, 0.1) is 9.95 Å². The van der Waals surface area contributed by atoms with E-state index in [1.807, 2.05) is 12.1 Å². The lowest BCUT2D eigenvalue weighted by Gasteiger charge is -2.08. The van der Waals surface area contributed by atoms with E-state index in [4.69, 9.17) is 11.6 Å². The van der Waals surface area contributed by atoms with Gasteiger partial charge in [-0.3, -0.25) is 10.1 Å². The van der Waals surface area contributed by atoms with Crippen LogP contribution in [-0.4, -0.2) is 4.92 Å². The average Bonchev–Trinajstić information content (AvgIpc) is 2.42. The van der Waals surface area contributed by atoms with Crippen LogP contribution in [0.15, 0.2) is 42.5 Å². The predicted octanol–water partition coefficient (Wildman–Crippen LogP) is 3.85. The summed E-state index contributed by atoms with van der Waals surface area (Å²) in [7, 11) is 0. The van der Waals surface area contributed by atoms with Crippen LogP contribution < -0.4 is 5.32 Å². The topological polar surface area (TPSA) is 55.2 Å². The lowest BCUT2D eigenvalue weighted by molar-refractivity contribution is -0.384. The minimum absolute atomic E-state index is 0.0117. The number of aryl methyl sites for hydroxylation is 1. The minimum atomic E-state index is -0.448. The molecule has 20 heavy (non-hydrogen) atoms. The number of nitrogens with zero attached hydrogens (tertiary/aromatic N) is 1. The Morgan fingerprint density at radius 2 is 1.85 bits per heavy atom. The predicted molar refractivity (Wildman–Crippen MR) is 79.8 cm³/mol. The fraction of sp³-hybridized carbons (Fsp3) is 0.200. The third-order valence-corrected chi connectivity index (χ3v) is 3.49. The van der Waals surface area contributed by atoms with E-state index < -0.39 is 4.92 Å². The lowest BCUT2D eigenvalue weighted by Crippen LogP contribution is -2.13. The third-order valence-electron chi connectivity index (χ3n) is 3.14. The highest BCUT2D eigenvalue weighted by Crippen LogP contribution is 2.22. The van der Waals surface area contributed by atoms with Crippen molar-refractivity contribution in [3.8, 4) is 0 Å². The Bertz CT molecular complexity index is 629. The standard InChI is InChI=1S/C15H15ClN2O2/c1-11-4-2-3-5-12(11)9-17-10-13-6-7-14(18(19)20)8-15(13)16/h2-8,17H,9-10H2,1H3. The van der Waals surface area contributed by atoms with E-state index in [0.29, 0.717) is 11.6 Å². The van der Waals surface area contributed by atoms with Gasteiger partial charge >= 0.3 is 0 Å². The van der Waals surface area contributed by atoms with Crippen LogP contribution in [0, 0.1) is 17.0 Å². The minimum Gasteiger partial charge on any atom is -0.309 e. The molecule has 0 aliphatic rings. The molecule has 0 spiro atoms. The van der Waals surface area contributed by atoms with Gasteiger partial charge < -0.3 is 5.32 Å². The van der Waals surface area contributed by atoms with E-state index in [2.05, 4.69) is 24.4 Å². The SMILES string of the molecule is Cc1ccccc1CNCc1ccc([N+](=O)[O-])cc1Cl. The highest BCUT2D eigenvalue weighted by atomic mass is 35.5. The third kappa shape index (κ3) is 3.56. The second kappa shape index (κ2) is 6.50. The van der Waals surface area contributed by atoms with Crippen molar-refractivity contribution in [3.05, 3.63) is 74.3 Å². The summed E-state index contributed by atoms with van der Waals surface area (Å²) in [6.45, 7) is 3.38. The molecule has 0 heterocycles. The first-order valence-electron chi connectivity index (χ1n) is 6.26. The van der Waals surface area contributed by atoms with E-state index in [9.17, 15) is 10.1 Å². The first kappa shape index (κ1) is 14.5. The molecule has 0 amide bonds. The number of nitro benzene ring substituents is 1. The van der Waals surface area contributed by atoms with Gasteiger partial charge in [0.15, 0.2) is 0 Å². The smallest absolute Gasteiger partial charge is 0.270 e. The Labute approximate surface area is 122 Å². The molecule has 0 atom stereocenters. The fourth-order valence-electron chi connectivity index (χ4n) is 1.93. The van der Waals surface area contributed by atoms with Crippen LogP contribution in [0.25, 0.3) is 0 Å². The zero-order chi connectivity index (χ0) is 14.5. The number of benzene rings is 2. The molecule has 4 nitrogen and oxygen atoms in total. The Hall–Kier alpha value is -1.91. The van der Waals surface area contributed by atoms with E-state index in [1.54, 1.807) is 6.07 Å². The van der Waals surface area contributed by atoms with Crippen molar-refractivity contribution in [1.82, 2.24) is 5.32 Å². The second-order valence-electron chi connectivity index (χ2n) is 4.56. The monoisotopic (exact) mass is 290 g/mol. The van der Waals surface area contributed by atoms with Crippen LogP contribution in [0.3, 0.4) is 0 Å². The number of rotatable bonds is 5. The number of nitrogens with one attached hydrogen (secondary N) is 1. The Morgan fingerprint density at radius 1 is 1.15 bits per heavy atom. The molecule has 0 fully saturated rings. The molecule has 0 saturated heterocycles. The second-order valence-corrected chi connectivity index (χ2v) is 4.97. The molecule has 5 heteroatoms. The van der Waals surface area contributed by atoms with Crippen molar-refractivity contribution in [3.63, 3.8) is 0 Å². The number of hydrogen-bond donors (Lipinski definition) is 1. The molecule has 0 aliphatic carbocycles. The van der Waals surface area contributed by atoms with Gasteiger partial charge in [0.25, 0.3) is 5.69 Å². The normalized spacial score (nSPS) is 10.5. The van der Waals surface area contributed by atoms with Crippen LogP contribution in [0.5, 0.6) is 0 Å². The molecule has 2 rings (SSSR count). The van der Waals surface area contributed by atoms with Gasteiger partial charge in [0.1, 0.15) is 0 Å². The molecule has 0 bridgehead atoms. The molecular formula is C15H15ClN2O2. The van der Waals surface area contributed by atoms with Gasteiger partial charge in [0, 0.05) is 25.2 Å². The molecule has 0 unspecified atom stereocenters. The summed E-state index contributed by atoms with van der Waals surface area (Å²) in [6, 6.07) is 12.7. The Morgan fingerprint density at radius 3 is 2.50 bits per heavy atom. The quantitative estimate of drug-likeness (QED) is 0.672. The van der Waals surface area contributed by atoms with E-state index in [0.717, 1.165) is 12.1 Å². The molecule has 0 saturated carbocycles. The number of hydrogen-bond acceptors (Lipinski definition) is 3. The van der Waals surface area contributed by atoms with Crippen molar-refractivity contribution >= 4 is 17.3 Å². The van der Waals surface area contributed by atoms with E-state index in [1.165, 1.54) is 23.3 Å². The van der Waals surface area contributed by atoms with Gasteiger partial charge in [-0.05, 0) is 29.7 Å². The maximum atomic E-state index is 10.6. The van der Waals surface area contributed by atoms with Crippen molar-refractivity contribution in [1.29, 1.82) is 0 Å². The summed E-state index contributed by atoms with van der Waals surface area (Å²) in [6.07, 6.45) is 0. The fourth-order valence-corrected chi connectivity index (χ4v) is 2.18. The zero-order valence-electron chi connectivity index (χ0n) is 11.1. The molecule has 104 valence electrons. The number of halogens is 1. The van der Waals surface area contributed by atoms with Crippen molar-refractivity contribution in [2.45, 2.75) is 20.0 Å². The van der Waals surface area contributed by atoms with Gasteiger partial charge in [-0.15, -0.1) is 0 Å². The van der Waals surface area contributed by atoms with Crippen molar-refractivity contribution < 1.29 is 4.92 Å². The molecule has 2 aromatic rings. The summed E-state index contributed by atoms with van der Waals surface area (Å²) in [5.41, 5.74) is 3.32. The lowest BCUT2D eigenvalue weighted by atomic mass is 10.1. The maximum Gasteiger partial charge on any atom is 0.270 e. The summed E-state index contributed by atoms with van der Waals surface area (Å²) in [5.74, 6) is 0. The van der Waals surface area contributed by atoms with Crippen LogP contribution in [0.4, 0.5) is 5.69 Å². The van der Waals surface area contributed by atoms with Crippen molar-refractivity contribution in [2.75, 3.05) is 0 Å². The molecule has 2 aromatic carbocycles. The molecule has 1 N–H and O–H groups in total. The van der Waals surface area contributed by atoms with E-state index in [-0.39, 0.29) is 5.69 Å². The summed E-state index contributed by atoms with van der Waals surface area (Å²) in [5, 5.41) is 14.3.